The molecule has 1 aliphatic rings. The number of allylic oxidation sites excluding steroid dienone is 1. The topological polar surface area (TPSA) is 26.3 Å². The van der Waals surface area contributed by atoms with Crippen molar-refractivity contribution in [2.24, 2.45) is 5.92 Å². The maximum Gasteiger partial charge on any atom is 0.337 e. The van der Waals surface area contributed by atoms with Crippen molar-refractivity contribution in [3.63, 3.8) is 0 Å². The second-order valence-corrected chi connectivity index (χ2v) is 3.77. The van der Waals surface area contributed by atoms with Crippen molar-refractivity contribution in [1.82, 2.24) is 0 Å². The van der Waals surface area contributed by atoms with E-state index in [1.54, 1.807) is 6.08 Å². The zero-order valence-electron chi connectivity index (χ0n) is 8.79. The number of esters is 1. The molecular weight excluding hydrogens is 176 g/mol. The van der Waals surface area contributed by atoms with Crippen molar-refractivity contribution in [3.8, 4) is 0 Å². The predicted octanol–water partition coefficient (Wildman–Crippen LogP) is 2.85. The van der Waals surface area contributed by atoms with Gasteiger partial charge in [-0.3, -0.25) is 0 Å². The molecule has 0 atom stereocenters. The quantitative estimate of drug-likeness (QED) is 0.392. The minimum absolute atomic E-state index is 0.336. The first kappa shape index (κ1) is 11.0. The fourth-order valence-electron chi connectivity index (χ4n) is 1.78. The van der Waals surface area contributed by atoms with E-state index in [4.69, 9.17) is 0 Å². The van der Waals surface area contributed by atoms with Gasteiger partial charge in [0.25, 0.3) is 0 Å². The van der Waals surface area contributed by atoms with E-state index in [1.807, 2.05) is 0 Å². The average Bonchev–Trinajstić information content (AvgIpc) is 2.26. The van der Waals surface area contributed by atoms with Crippen molar-refractivity contribution >= 4 is 5.97 Å². The SMILES string of the molecule is C=C(/C=C\C1CCCCC1)C(=O)OC. The second-order valence-electron chi connectivity index (χ2n) is 3.77. The predicted molar refractivity (Wildman–Crippen MR) is 56.9 cm³/mol. The molecule has 0 aliphatic heterocycles. The number of methoxy groups -OCH3 is 1. The fraction of sp³-hybridized carbons (Fsp3) is 0.583. The zero-order valence-corrected chi connectivity index (χ0v) is 8.79. The lowest BCUT2D eigenvalue weighted by Gasteiger charge is -2.17. The van der Waals surface area contributed by atoms with Gasteiger partial charge >= 0.3 is 5.97 Å². The first-order valence-corrected chi connectivity index (χ1v) is 5.19. The Hall–Kier alpha value is -1.05. The Bertz CT molecular complexity index is 235. The van der Waals surface area contributed by atoms with Gasteiger partial charge in [0.1, 0.15) is 0 Å². The van der Waals surface area contributed by atoms with Crippen LogP contribution in [0.25, 0.3) is 0 Å². The minimum Gasteiger partial charge on any atom is -0.465 e. The smallest absolute Gasteiger partial charge is 0.337 e. The molecule has 1 rings (SSSR count). The van der Waals surface area contributed by atoms with Crippen LogP contribution in [0.3, 0.4) is 0 Å². The van der Waals surface area contributed by atoms with E-state index in [2.05, 4.69) is 17.4 Å². The highest BCUT2D eigenvalue weighted by atomic mass is 16.5. The Morgan fingerprint density at radius 3 is 2.57 bits per heavy atom. The van der Waals surface area contributed by atoms with Gasteiger partial charge in [-0.2, -0.15) is 0 Å². The summed E-state index contributed by atoms with van der Waals surface area (Å²) in [5, 5.41) is 0. The van der Waals surface area contributed by atoms with Crippen LogP contribution >= 0.6 is 0 Å². The molecule has 0 N–H and O–H groups in total. The van der Waals surface area contributed by atoms with Crippen LogP contribution in [0.5, 0.6) is 0 Å². The van der Waals surface area contributed by atoms with E-state index in [0.717, 1.165) is 0 Å². The maximum absolute atomic E-state index is 11.0. The van der Waals surface area contributed by atoms with Crippen LogP contribution < -0.4 is 0 Å². The highest BCUT2D eigenvalue weighted by Crippen LogP contribution is 2.24. The molecule has 0 unspecified atom stereocenters. The van der Waals surface area contributed by atoms with Crippen LogP contribution in [0, 0.1) is 5.92 Å². The Labute approximate surface area is 85.6 Å². The lowest BCUT2D eigenvalue weighted by Crippen LogP contribution is -2.04. The molecule has 2 heteroatoms. The minimum atomic E-state index is -0.336. The Kier molecular flexibility index (Phi) is 4.44. The Morgan fingerprint density at radius 2 is 2.00 bits per heavy atom. The number of carbonyl (C=O) groups excluding carboxylic acids is 1. The average molecular weight is 194 g/mol. The molecule has 0 aromatic heterocycles. The van der Waals surface area contributed by atoms with Gasteiger partial charge in [-0.25, -0.2) is 4.79 Å². The van der Waals surface area contributed by atoms with Crippen molar-refractivity contribution < 1.29 is 9.53 Å². The molecular formula is C12H18O2. The fourth-order valence-corrected chi connectivity index (χ4v) is 1.78. The summed E-state index contributed by atoms with van der Waals surface area (Å²) in [6, 6.07) is 0. The molecule has 1 aliphatic carbocycles. The van der Waals surface area contributed by atoms with Gasteiger partial charge in [0.05, 0.1) is 12.7 Å². The van der Waals surface area contributed by atoms with E-state index in [0.29, 0.717) is 11.5 Å². The van der Waals surface area contributed by atoms with E-state index < -0.39 is 0 Å². The van der Waals surface area contributed by atoms with Crippen LogP contribution in [0.1, 0.15) is 32.1 Å². The highest BCUT2D eigenvalue weighted by molar-refractivity contribution is 5.90. The number of rotatable bonds is 3. The van der Waals surface area contributed by atoms with Crippen LogP contribution in [0.2, 0.25) is 0 Å². The molecule has 78 valence electrons. The molecule has 0 spiro atoms. The van der Waals surface area contributed by atoms with E-state index in [1.165, 1.54) is 39.2 Å². The maximum atomic E-state index is 11.0. The molecule has 0 aromatic rings. The molecule has 14 heavy (non-hydrogen) atoms. The van der Waals surface area contributed by atoms with E-state index in [9.17, 15) is 4.79 Å². The third kappa shape index (κ3) is 3.36. The van der Waals surface area contributed by atoms with Gasteiger partial charge in [0, 0.05) is 0 Å². The van der Waals surface area contributed by atoms with Crippen LogP contribution in [-0.2, 0) is 9.53 Å². The number of ether oxygens (including phenoxy) is 1. The summed E-state index contributed by atoms with van der Waals surface area (Å²) in [4.78, 5) is 11.0. The van der Waals surface area contributed by atoms with Crippen molar-refractivity contribution in [1.29, 1.82) is 0 Å². The van der Waals surface area contributed by atoms with Crippen molar-refractivity contribution in [3.05, 3.63) is 24.3 Å². The molecule has 0 amide bonds. The van der Waals surface area contributed by atoms with Crippen LogP contribution in [-0.4, -0.2) is 13.1 Å². The summed E-state index contributed by atoms with van der Waals surface area (Å²) in [5.41, 5.74) is 0.443. The Balaban J connectivity index is 2.37. The molecule has 0 radical (unpaired) electrons. The normalized spacial score (nSPS) is 18.4. The summed E-state index contributed by atoms with van der Waals surface area (Å²) in [7, 11) is 1.38. The monoisotopic (exact) mass is 194 g/mol. The Morgan fingerprint density at radius 1 is 1.36 bits per heavy atom. The molecule has 1 fully saturated rings. The summed E-state index contributed by atoms with van der Waals surface area (Å²) in [5.74, 6) is 0.294. The second kappa shape index (κ2) is 5.63. The molecule has 2 nitrogen and oxygen atoms in total. The van der Waals surface area contributed by atoms with Gasteiger partial charge in [-0.05, 0) is 18.8 Å². The molecule has 0 bridgehead atoms. The molecule has 0 saturated heterocycles. The molecule has 0 aromatic carbocycles. The van der Waals surface area contributed by atoms with Gasteiger partial charge in [0.15, 0.2) is 0 Å². The van der Waals surface area contributed by atoms with E-state index in [-0.39, 0.29) is 5.97 Å². The summed E-state index contributed by atoms with van der Waals surface area (Å²) < 4.78 is 4.56. The van der Waals surface area contributed by atoms with E-state index >= 15 is 0 Å². The summed E-state index contributed by atoms with van der Waals surface area (Å²) in [6.07, 6.45) is 10.3. The van der Waals surface area contributed by atoms with Crippen LogP contribution in [0.15, 0.2) is 24.3 Å². The standard InChI is InChI=1S/C12H18O2/c1-10(12(13)14-2)8-9-11-6-4-3-5-7-11/h8-9,11H,1,3-7H2,2H3/b9-8-. The van der Waals surface area contributed by atoms with Crippen molar-refractivity contribution in [2.75, 3.05) is 7.11 Å². The zero-order chi connectivity index (χ0) is 10.4. The van der Waals surface area contributed by atoms with Gasteiger partial charge in [-0.1, -0.05) is 38.0 Å². The molecule has 1 saturated carbocycles. The van der Waals surface area contributed by atoms with Crippen LogP contribution in [0.4, 0.5) is 0 Å². The lowest BCUT2D eigenvalue weighted by molar-refractivity contribution is -0.135. The first-order chi connectivity index (χ1) is 6.74. The molecule has 0 heterocycles. The summed E-state index contributed by atoms with van der Waals surface area (Å²) in [6.45, 7) is 3.65. The number of carbonyl (C=O) groups is 1. The third-order valence-corrected chi connectivity index (χ3v) is 2.67. The lowest BCUT2D eigenvalue weighted by atomic mass is 9.89. The van der Waals surface area contributed by atoms with Gasteiger partial charge in [0.2, 0.25) is 0 Å². The third-order valence-electron chi connectivity index (χ3n) is 2.67. The largest absolute Gasteiger partial charge is 0.465 e. The van der Waals surface area contributed by atoms with Gasteiger partial charge in [-0.15, -0.1) is 0 Å². The number of hydrogen-bond acceptors (Lipinski definition) is 2. The van der Waals surface area contributed by atoms with Gasteiger partial charge < -0.3 is 4.74 Å². The summed E-state index contributed by atoms with van der Waals surface area (Å²) >= 11 is 0. The number of hydrogen-bond donors (Lipinski definition) is 0. The highest BCUT2D eigenvalue weighted by Gasteiger charge is 2.10. The first-order valence-electron chi connectivity index (χ1n) is 5.19. The van der Waals surface area contributed by atoms with Crippen molar-refractivity contribution in [2.45, 2.75) is 32.1 Å².